The molecule has 1 aliphatic rings. The van der Waals surface area contributed by atoms with Gasteiger partial charge < -0.3 is 0 Å². The Morgan fingerprint density at radius 2 is 2.06 bits per heavy atom. The highest BCUT2D eigenvalue weighted by atomic mass is 35.5. The molecule has 1 saturated carbocycles. The molecular weight excluding hydrogens is 269 g/mol. The average molecular weight is 277 g/mol. The van der Waals surface area contributed by atoms with E-state index in [0.717, 1.165) is 19.2 Å². The van der Waals surface area contributed by atoms with E-state index in [1.165, 1.54) is 4.68 Å². The zero-order valence-electron chi connectivity index (χ0n) is 9.08. The van der Waals surface area contributed by atoms with Gasteiger partial charge in [-0.1, -0.05) is 11.6 Å². The van der Waals surface area contributed by atoms with Crippen molar-refractivity contribution in [3.8, 4) is 0 Å². The standard InChI is InChI=1S/C10H8ClF3N4/c11-8-6-7(10(12,13)14)17-18(3-5-1-2-5)9(6)16-4-15-8/h4-5H,1-3H2. The SMILES string of the molecule is FC(F)(F)c1nn(CC2CC2)c2ncnc(Cl)c12. The lowest BCUT2D eigenvalue weighted by Gasteiger charge is -2.02. The highest BCUT2D eigenvalue weighted by molar-refractivity contribution is 6.34. The molecule has 0 spiro atoms. The molecule has 0 saturated heterocycles. The normalized spacial score (nSPS) is 16.4. The summed E-state index contributed by atoms with van der Waals surface area (Å²) in [5, 5.41) is 3.18. The molecule has 0 aromatic carbocycles. The van der Waals surface area contributed by atoms with Crippen molar-refractivity contribution >= 4 is 22.6 Å². The van der Waals surface area contributed by atoms with Crippen LogP contribution in [0.3, 0.4) is 0 Å². The van der Waals surface area contributed by atoms with Crippen LogP contribution in [0.5, 0.6) is 0 Å². The highest BCUT2D eigenvalue weighted by Crippen LogP contribution is 2.37. The largest absolute Gasteiger partial charge is 0.435 e. The number of alkyl halides is 3. The first-order valence-corrected chi connectivity index (χ1v) is 5.79. The summed E-state index contributed by atoms with van der Waals surface area (Å²) in [6.07, 6.45) is -1.37. The van der Waals surface area contributed by atoms with E-state index in [9.17, 15) is 13.2 Å². The van der Waals surface area contributed by atoms with Crippen molar-refractivity contribution in [3.05, 3.63) is 17.2 Å². The molecule has 4 nitrogen and oxygen atoms in total. The van der Waals surface area contributed by atoms with Crippen LogP contribution in [-0.2, 0) is 12.7 Å². The van der Waals surface area contributed by atoms with Gasteiger partial charge in [0, 0.05) is 6.54 Å². The smallest absolute Gasteiger partial charge is 0.246 e. The molecule has 0 unspecified atom stereocenters. The second-order valence-electron chi connectivity index (χ2n) is 4.33. The van der Waals surface area contributed by atoms with Crippen LogP contribution < -0.4 is 0 Å². The second kappa shape index (κ2) is 3.81. The van der Waals surface area contributed by atoms with Crippen molar-refractivity contribution in [1.29, 1.82) is 0 Å². The van der Waals surface area contributed by atoms with Gasteiger partial charge in [-0.2, -0.15) is 18.3 Å². The molecule has 0 aliphatic heterocycles. The quantitative estimate of drug-likeness (QED) is 0.792. The summed E-state index contributed by atoms with van der Waals surface area (Å²) >= 11 is 5.73. The van der Waals surface area contributed by atoms with Crippen molar-refractivity contribution in [2.75, 3.05) is 0 Å². The average Bonchev–Trinajstić information content (AvgIpc) is 2.99. The number of aromatic nitrogens is 4. The first-order valence-electron chi connectivity index (χ1n) is 5.41. The molecule has 2 aromatic heterocycles. The van der Waals surface area contributed by atoms with Crippen LogP contribution in [-0.4, -0.2) is 19.7 Å². The number of halogens is 4. The van der Waals surface area contributed by atoms with Gasteiger partial charge >= 0.3 is 6.18 Å². The zero-order valence-corrected chi connectivity index (χ0v) is 9.83. The van der Waals surface area contributed by atoms with E-state index in [1.54, 1.807) is 0 Å². The first kappa shape index (κ1) is 11.7. The Bertz CT molecular complexity index is 603. The molecule has 1 fully saturated rings. The minimum absolute atomic E-state index is 0.147. The molecule has 0 amide bonds. The Hall–Kier alpha value is -1.37. The van der Waals surface area contributed by atoms with Crippen molar-refractivity contribution in [1.82, 2.24) is 19.7 Å². The first-order chi connectivity index (χ1) is 8.47. The summed E-state index contributed by atoms with van der Waals surface area (Å²) in [5.74, 6) is 0.392. The Kier molecular flexibility index (Phi) is 2.48. The Balaban J connectivity index is 2.22. The van der Waals surface area contributed by atoms with Gasteiger partial charge in [0.2, 0.25) is 0 Å². The summed E-state index contributed by atoms with van der Waals surface area (Å²) in [7, 11) is 0. The van der Waals surface area contributed by atoms with Crippen LogP contribution in [0.15, 0.2) is 6.33 Å². The molecule has 1 aliphatic carbocycles. The van der Waals surface area contributed by atoms with Gasteiger partial charge in [0.25, 0.3) is 0 Å². The van der Waals surface area contributed by atoms with Crippen LogP contribution in [0.25, 0.3) is 11.0 Å². The van der Waals surface area contributed by atoms with Crippen LogP contribution in [0.2, 0.25) is 5.15 Å². The highest BCUT2D eigenvalue weighted by Gasteiger charge is 2.39. The number of hydrogen-bond acceptors (Lipinski definition) is 3. The van der Waals surface area contributed by atoms with Crippen LogP contribution in [0, 0.1) is 5.92 Å². The lowest BCUT2D eigenvalue weighted by Crippen LogP contribution is -2.09. The van der Waals surface area contributed by atoms with Crippen LogP contribution >= 0.6 is 11.6 Å². The van der Waals surface area contributed by atoms with Gasteiger partial charge in [-0.15, -0.1) is 0 Å². The number of fused-ring (bicyclic) bond motifs is 1. The third-order valence-electron chi connectivity index (χ3n) is 2.88. The van der Waals surface area contributed by atoms with Crippen molar-refractivity contribution < 1.29 is 13.2 Å². The van der Waals surface area contributed by atoms with Gasteiger partial charge in [0.05, 0.1) is 5.39 Å². The Morgan fingerprint density at radius 1 is 1.33 bits per heavy atom. The number of rotatable bonds is 2. The lowest BCUT2D eigenvalue weighted by atomic mass is 10.3. The van der Waals surface area contributed by atoms with Crippen molar-refractivity contribution in [2.24, 2.45) is 5.92 Å². The topological polar surface area (TPSA) is 43.6 Å². The van der Waals surface area contributed by atoms with Gasteiger partial charge in [0.1, 0.15) is 11.5 Å². The minimum Gasteiger partial charge on any atom is -0.246 e. The molecule has 0 bridgehead atoms. The van der Waals surface area contributed by atoms with E-state index >= 15 is 0 Å². The number of hydrogen-bond donors (Lipinski definition) is 0. The summed E-state index contributed by atoms with van der Waals surface area (Å²) in [6, 6.07) is 0. The fraction of sp³-hybridized carbons (Fsp3) is 0.500. The predicted molar refractivity (Wildman–Crippen MR) is 58.1 cm³/mol. The lowest BCUT2D eigenvalue weighted by molar-refractivity contribution is -0.140. The van der Waals surface area contributed by atoms with E-state index < -0.39 is 11.9 Å². The van der Waals surface area contributed by atoms with Gasteiger partial charge in [-0.3, -0.25) is 0 Å². The van der Waals surface area contributed by atoms with E-state index in [4.69, 9.17) is 11.6 Å². The fourth-order valence-electron chi connectivity index (χ4n) is 1.84. The maximum atomic E-state index is 12.9. The van der Waals surface area contributed by atoms with E-state index in [0.29, 0.717) is 12.5 Å². The summed E-state index contributed by atoms with van der Waals surface area (Å²) < 4.78 is 39.9. The van der Waals surface area contributed by atoms with Crippen LogP contribution in [0.4, 0.5) is 13.2 Å². The van der Waals surface area contributed by atoms with Gasteiger partial charge in [-0.25, -0.2) is 14.6 Å². The monoisotopic (exact) mass is 276 g/mol. The predicted octanol–water partition coefficient (Wildman–Crippen LogP) is 2.91. The van der Waals surface area contributed by atoms with E-state index in [2.05, 4.69) is 15.1 Å². The van der Waals surface area contributed by atoms with Crippen molar-refractivity contribution in [3.63, 3.8) is 0 Å². The fourth-order valence-corrected chi connectivity index (χ4v) is 2.06. The molecule has 96 valence electrons. The molecule has 18 heavy (non-hydrogen) atoms. The summed E-state index contributed by atoms with van der Waals surface area (Å²) in [6.45, 7) is 0.444. The molecule has 2 heterocycles. The van der Waals surface area contributed by atoms with Crippen LogP contribution in [0.1, 0.15) is 18.5 Å². The molecule has 2 aromatic rings. The minimum atomic E-state index is -4.55. The maximum Gasteiger partial charge on any atom is 0.435 e. The summed E-state index contributed by atoms with van der Waals surface area (Å²) in [5.41, 5.74) is -0.863. The van der Waals surface area contributed by atoms with Gasteiger partial charge in [0.15, 0.2) is 11.3 Å². The van der Waals surface area contributed by atoms with Gasteiger partial charge in [-0.05, 0) is 18.8 Å². The zero-order chi connectivity index (χ0) is 12.9. The summed E-state index contributed by atoms with van der Waals surface area (Å²) in [4.78, 5) is 7.45. The number of nitrogens with zero attached hydrogens (tertiary/aromatic N) is 4. The maximum absolute atomic E-state index is 12.9. The Labute approximate surface area is 105 Å². The Morgan fingerprint density at radius 3 is 2.67 bits per heavy atom. The third-order valence-corrected chi connectivity index (χ3v) is 3.17. The molecule has 0 N–H and O–H groups in total. The molecular formula is C10H8ClF3N4. The van der Waals surface area contributed by atoms with Crippen molar-refractivity contribution in [2.45, 2.75) is 25.6 Å². The molecule has 8 heteroatoms. The second-order valence-corrected chi connectivity index (χ2v) is 4.69. The van der Waals surface area contributed by atoms with E-state index in [1.807, 2.05) is 0 Å². The molecule has 0 atom stereocenters. The molecule has 3 rings (SSSR count). The van der Waals surface area contributed by atoms with E-state index in [-0.39, 0.29) is 16.2 Å². The molecule has 0 radical (unpaired) electrons. The third kappa shape index (κ3) is 1.92.